The minimum Gasteiger partial charge on any atom is -0.455 e. The molecule has 2 N–H and O–H groups in total. The Balaban J connectivity index is 1.74. The van der Waals surface area contributed by atoms with E-state index in [9.17, 15) is 19.2 Å². The maximum Gasteiger partial charge on any atom is 0.321 e. The number of rotatable bonds is 7. The smallest absolute Gasteiger partial charge is 0.321 e. The lowest BCUT2D eigenvalue weighted by atomic mass is 9.77. The Hall–Kier alpha value is -2.12. The number of likely N-dealkylation sites (tertiary alicyclic amines) is 1. The van der Waals surface area contributed by atoms with Crippen LogP contribution in [-0.2, 0) is 19.1 Å². The summed E-state index contributed by atoms with van der Waals surface area (Å²) in [4.78, 5) is 50.0. The third kappa shape index (κ3) is 6.72. The summed E-state index contributed by atoms with van der Waals surface area (Å²) in [5.41, 5.74) is 0. The van der Waals surface area contributed by atoms with E-state index < -0.39 is 30.4 Å². The highest BCUT2D eigenvalue weighted by molar-refractivity contribution is 5.96. The molecule has 1 heterocycles. The Bertz CT molecular complexity index is 621. The van der Waals surface area contributed by atoms with Gasteiger partial charge in [0.15, 0.2) is 6.61 Å². The fraction of sp³-hybridized carbons (Fsp3) is 0.810. The molecular formula is C21H35N3O5. The first-order chi connectivity index (χ1) is 13.7. The Kier molecular flexibility index (Phi) is 8.46. The number of nitrogens with zero attached hydrogens (tertiary/aromatic N) is 1. The van der Waals surface area contributed by atoms with Crippen LogP contribution in [0.4, 0.5) is 4.79 Å². The third-order valence-corrected chi connectivity index (χ3v) is 6.16. The molecule has 164 valence electrons. The molecule has 2 rings (SSSR count). The van der Waals surface area contributed by atoms with E-state index in [-0.39, 0.29) is 18.4 Å². The Morgan fingerprint density at radius 2 is 1.93 bits per heavy atom. The summed E-state index contributed by atoms with van der Waals surface area (Å²) >= 11 is 0. The summed E-state index contributed by atoms with van der Waals surface area (Å²) in [6.45, 7) is 8.73. The molecule has 0 bridgehead atoms. The SMILES string of the molecule is CC(C)CCNC(=O)NC(=O)COC(=O)[C@@H]1CC(=O)N([C@@H]2CCC[C@@H](C)[C@H]2C)C1. The maximum atomic E-state index is 12.5. The zero-order chi connectivity index (χ0) is 21.6. The lowest BCUT2D eigenvalue weighted by molar-refractivity contribution is -0.152. The lowest BCUT2D eigenvalue weighted by Crippen LogP contribution is -2.45. The minimum atomic E-state index is -0.684. The molecule has 29 heavy (non-hydrogen) atoms. The van der Waals surface area contributed by atoms with Crippen LogP contribution in [-0.4, -0.2) is 54.5 Å². The summed E-state index contributed by atoms with van der Waals surface area (Å²) in [7, 11) is 0. The van der Waals surface area contributed by atoms with Gasteiger partial charge in [-0.15, -0.1) is 0 Å². The van der Waals surface area contributed by atoms with Crippen molar-refractivity contribution in [2.75, 3.05) is 19.7 Å². The van der Waals surface area contributed by atoms with Gasteiger partial charge >= 0.3 is 12.0 Å². The minimum absolute atomic E-state index is 0.0214. The van der Waals surface area contributed by atoms with Crippen molar-refractivity contribution in [1.29, 1.82) is 0 Å². The summed E-state index contributed by atoms with van der Waals surface area (Å²) in [5.74, 6) is -0.415. The van der Waals surface area contributed by atoms with Crippen LogP contribution >= 0.6 is 0 Å². The number of hydrogen-bond donors (Lipinski definition) is 2. The molecule has 8 nitrogen and oxygen atoms in total. The largest absolute Gasteiger partial charge is 0.455 e. The average Bonchev–Trinajstić information content (AvgIpc) is 3.03. The predicted octanol–water partition coefficient (Wildman–Crippen LogP) is 2.07. The quantitative estimate of drug-likeness (QED) is 0.627. The fourth-order valence-electron chi connectivity index (χ4n) is 4.14. The van der Waals surface area contributed by atoms with E-state index in [0.717, 1.165) is 19.3 Å². The molecule has 2 fully saturated rings. The Labute approximate surface area is 173 Å². The number of ether oxygens (including phenoxy) is 1. The van der Waals surface area contributed by atoms with Gasteiger partial charge in [-0.3, -0.25) is 19.7 Å². The average molecular weight is 410 g/mol. The van der Waals surface area contributed by atoms with Gasteiger partial charge in [-0.05, 0) is 30.6 Å². The van der Waals surface area contributed by atoms with Gasteiger partial charge in [0.05, 0.1) is 5.92 Å². The Morgan fingerprint density at radius 3 is 2.62 bits per heavy atom. The molecule has 0 aromatic carbocycles. The van der Waals surface area contributed by atoms with Gasteiger partial charge in [0.1, 0.15) is 0 Å². The van der Waals surface area contributed by atoms with E-state index in [1.165, 1.54) is 6.42 Å². The molecule has 0 spiro atoms. The van der Waals surface area contributed by atoms with Crippen LogP contribution in [0.3, 0.4) is 0 Å². The van der Waals surface area contributed by atoms with E-state index >= 15 is 0 Å². The second-order valence-corrected chi connectivity index (χ2v) is 8.88. The first kappa shape index (κ1) is 23.2. The number of carbonyl (C=O) groups is 4. The number of amides is 4. The van der Waals surface area contributed by atoms with Crippen molar-refractivity contribution in [3.8, 4) is 0 Å². The monoisotopic (exact) mass is 409 g/mol. The van der Waals surface area contributed by atoms with Gasteiger partial charge < -0.3 is 15.0 Å². The van der Waals surface area contributed by atoms with Crippen molar-refractivity contribution >= 4 is 23.8 Å². The number of hydrogen-bond acceptors (Lipinski definition) is 5. The second kappa shape index (κ2) is 10.6. The highest BCUT2D eigenvalue weighted by atomic mass is 16.5. The predicted molar refractivity (Wildman–Crippen MR) is 108 cm³/mol. The van der Waals surface area contributed by atoms with Crippen LogP contribution in [0.5, 0.6) is 0 Å². The highest BCUT2D eigenvalue weighted by Crippen LogP contribution is 2.35. The van der Waals surface area contributed by atoms with Gasteiger partial charge in [-0.2, -0.15) is 0 Å². The van der Waals surface area contributed by atoms with E-state index in [4.69, 9.17) is 4.74 Å². The van der Waals surface area contributed by atoms with Crippen molar-refractivity contribution in [2.45, 2.75) is 65.8 Å². The van der Waals surface area contributed by atoms with Gasteiger partial charge in [0.25, 0.3) is 5.91 Å². The van der Waals surface area contributed by atoms with Crippen LogP contribution in [0.2, 0.25) is 0 Å². The van der Waals surface area contributed by atoms with E-state index in [1.807, 2.05) is 18.7 Å². The molecule has 2 aliphatic rings. The van der Waals surface area contributed by atoms with Crippen LogP contribution in [0.15, 0.2) is 0 Å². The standard InChI is InChI=1S/C21H35N3O5/c1-13(2)8-9-22-21(28)23-18(25)12-29-20(27)16-10-19(26)24(11-16)17-7-5-6-14(3)15(17)4/h13-17H,5-12H2,1-4H3,(H2,22,23,25,28)/t14-,15-,16-,17-/m1/s1. The summed E-state index contributed by atoms with van der Waals surface area (Å²) < 4.78 is 5.05. The summed E-state index contributed by atoms with van der Waals surface area (Å²) in [6.07, 6.45) is 4.15. The van der Waals surface area contributed by atoms with Crippen LogP contribution in [0.1, 0.15) is 59.8 Å². The zero-order valence-corrected chi connectivity index (χ0v) is 18.0. The van der Waals surface area contributed by atoms with Crippen LogP contribution in [0.25, 0.3) is 0 Å². The molecule has 4 atom stereocenters. The molecule has 0 unspecified atom stereocenters. The van der Waals surface area contributed by atoms with Crippen molar-refractivity contribution in [3.05, 3.63) is 0 Å². The molecule has 8 heteroatoms. The number of urea groups is 1. The number of nitrogens with one attached hydrogen (secondary N) is 2. The second-order valence-electron chi connectivity index (χ2n) is 8.88. The number of carbonyl (C=O) groups excluding carboxylic acids is 4. The molecule has 1 saturated carbocycles. The summed E-state index contributed by atoms with van der Waals surface area (Å²) in [5, 5.41) is 4.72. The van der Waals surface area contributed by atoms with Gasteiger partial charge in [0, 0.05) is 25.6 Å². The lowest BCUT2D eigenvalue weighted by Gasteiger charge is -2.39. The number of esters is 1. The number of imide groups is 1. The highest BCUT2D eigenvalue weighted by Gasteiger charge is 2.42. The molecule has 1 saturated heterocycles. The molecule has 4 amide bonds. The topological polar surface area (TPSA) is 105 Å². The third-order valence-electron chi connectivity index (χ3n) is 6.16. The van der Waals surface area contributed by atoms with Gasteiger partial charge in [-0.25, -0.2) is 4.79 Å². The molecular weight excluding hydrogens is 374 g/mol. The first-order valence-corrected chi connectivity index (χ1v) is 10.7. The van der Waals surface area contributed by atoms with Crippen molar-refractivity contribution in [2.24, 2.45) is 23.7 Å². The first-order valence-electron chi connectivity index (χ1n) is 10.7. The van der Waals surface area contributed by atoms with Crippen molar-refractivity contribution < 1.29 is 23.9 Å². The molecule has 1 aliphatic heterocycles. The van der Waals surface area contributed by atoms with E-state index in [2.05, 4.69) is 24.5 Å². The normalized spacial score (nSPS) is 27.1. The fourth-order valence-corrected chi connectivity index (χ4v) is 4.14. The molecule has 1 aliphatic carbocycles. The maximum absolute atomic E-state index is 12.5. The van der Waals surface area contributed by atoms with Crippen molar-refractivity contribution in [3.63, 3.8) is 0 Å². The van der Waals surface area contributed by atoms with Crippen LogP contribution < -0.4 is 10.6 Å². The van der Waals surface area contributed by atoms with E-state index in [1.54, 1.807) is 0 Å². The van der Waals surface area contributed by atoms with Crippen LogP contribution in [0, 0.1) is 23.7 Å². The van der Waals surface area contributed by atoms with Crippen molar-refractivity contribution in [1.82, 2.24) is 15.5 Å². The van der Waals surface area contributed by atoms with E-state index in [0.29, 0.717) is 30.8 Å². The Morgan fingerprint density at radius 1 is 1.21 bits per heavy atom. The summed E-state index contributed by atoms with van der Waals surface area (Å²) in [6, 6.07) is -0.434. The van der Waals surface area contributed by atoms with Gasteiger partial charge in [0.2, 0.25) is 5.91 Å². The zero-order valence-electron chi connectivity index (χ0n) is 18.0. The molecule has 0 aromatic heterocycles. The molecule has 0 radical (unpaired) electrons. The molecule has 0 aromatic rings. The van der Waals surface area contributed by atoms with Gasteiger partial charge in [-0.1, -0.05) is 40.5 Å².